The van der Waals surface area contributed by atoms with Crippen LogP contribution in [0.5, 0.6) is 5.75 Å². The molecule has 0 atom stereocenters. The lowest BCUT2D eigenvalue weighted by atomic mass is 10.0. The highest BCUT2D eigenvalue weighted by molar-refractivity contribution is 6.51. The minimum Gasteiger partial charge on any atom is -0.572 e. The van der Waals surface area contributed by atoms with Gasteiger partial charge in [0.2, 0.25) is 0 Å². The average Bonchev–Trinajstić information content (AvgIpc) is 2.68. The van der Waals surface area contributed by atoms with Crippen molar-refractivity contribution in [2.75, 3.05) is 7.11 Å². The fourth-order valence-corrected chi connectivity index (χ4v) is 3.05. The molecule has 0 amide bonds. The number of carbonyl (C=O) groups is 1. The Labute approximate surface area is 176 Å². The number of carbonyl (C=O) groups excluding carboxylic acids is 3. The molecule has 0 aromatic heterocycles. The summed E-state index contributed by atoms with van der Waals surface area (Å²) < 4.78 is 78.9. The predicted octanol–water partition coefficient (Wildman–Crippen LogP) is 4.25. The first kappa shape index (κ1) is 22.6. The summed E-state index contributed by atoms with van der Waals surface area (Å²) >= 11 is 0. The third-order valence-electron chi connectivity index (χ3n) is 4.44. The van der Waals surface area contributed by atoms with Gasteiger partial charge in [0.25, 0.3) is 11.6 Å². The van der Waals surface area contributed by atoms with Crippen molar-refractivity contribution in [1.82, 2.24) is 0 Å². The summed E-state index contributed by atoms with van der Waals surface area (Å²) in [7, 11) is -7.80. The van der Waals surface area contributed by atoms with E-state index in [4.69, 9.17) is 4.74 Å². The number of allylic oxidation sites excluding steroid dienone is 4. The molecule has 0 saturated carbocycles. The molecule has 0 radical (unpaired) electrons. The second-order valence-electron chi connectivity index (χ2n) is 7.03. The van der Waals surface area contributed by atoms with E-state index in [0.717, 1.165) is 0 Å². The first-order valence-electron chi connectivity index (χ1n) is 9.59. The molecular formula is C19H20B2F4O6. The lowest BCUT2D eigenvalue weighted by molar-refractivity contribution is -0.366. The van der Waals surface area contributed by atoms with Crippen LogP contribution in [0.25, 0.3) is 0 Å². The fourth-order valence-electron chi connectivity index (χ4n) is 3.05. The molecule has 0 fully saturated rings. The summed E-state index contributed by atoms with van der Waals surface area (Å²) in [5.74, 6) is -0.253. The fraction of sp³-hybridized carbons (Fsp3) is 0.316. The van der Waals surface area contributed by atoms with Gasteiger partial charge in [-0.25, -0.2) is 0 Å². The molecule has 1 aromatic rings. The van der Waals surface area contributed by atoms with Gasteiger partial charge in [0.1, 0.15) is 11.5 Å². The molecule has 0 aliphatic carbocycles. The smallest absolute Gasteiger partial charge is 0.572 e. The van der Waals surface area contributed by atoms with Gasteiger partial charge in [0.15, 0.2) is 0 Å². The van der Waals surface area contributed by atoms with Crippen molar-refractivity contribution in [1.29, 1.82) is 0 Å². The number of Topliss-reactive ketones (excluding diaryl/α,β-unsaturated/α-hetero) is 1. The largest absolute Gasteiger partial charge is 0.994 e. The van der Waals surface area contributed by atoms with Gasteiger partial charge >= 0.3 is 14.2 Å². The number of hydrogen-bond acceptors (Lipinski definition) is 4. The monoisotopic (exact) mass is 442 g/mol. The van der Waals surface area contributed by atoms with E-state index in [9.17, 15) is 22.1 Å². The van der Waals surface area contributed by atoms with Crippen molar-refractivity contribution in [2.45, 2.75) is 32.6 Å². The number of ketones is 3. The Balaban J connectivity index is 1.75. The van der Waals surface area contributed by atoms with Crippen molar-refractivity contribution >= 4 is 31.6 Å². The minimum absolute atomic E-state index is 0.0124. The summed E-state index contributed by atoms with van der Waals surface area (Å²) in [4.78, 5) is 11.1. The number of rotatable bonds is 8. The van der Waals surface area contributed by atoms with E-state index in [1.807, 2.05) is 0 Å². The molecule has 0 N–H and O–H groups in total. The van der Waals surface area contributed by atoms with Gasteiger partial charge in [-0.1, -0.05) is 6.07 Å². The maximum atomic E-state index is 14.0. The normalized spacial score (nSPS) is 19.2. The molecule has 2 heterocycles. The quantitative estimate of drug-likeness (QED) is 0.343. The Kier molecular flexibility index (Phi) is 6.56. The Morgan fingerprint density at radius 3 is 2.29 bits per heavy atom. The molecule has 3 rings (SSSR count). The van der Waals surface area contributed by atoms with Crippen LogP contribution in [0.2, 0.25) is 0 Å². The number of ether oxygens (including phenoxy) is 1. The maximum Gasteiger partial charge on any atom is 0.994 e. The van der Waals surface area contributed by atoms with E-state index in [-0.39, 0.29) is 54.6 Å². The van der Waals surface area contributed by atoms with Crippen LogP contribution >= 0.6 is 0 Å². The van der Waals surface area contributed by atoms with E-state index < -0.39 is 14.2 Å². The molecule has 12 heteroatoms. The van der Waals surface area contributed by atoms with E-state index >= 15 is 0 Å². The first-order chi connectivity index (χ1) is 14.5. The Bertz CT molecular complexity index is 987. The van der Waals surface area contributed by atoms with Crippen molar-refractivity contribution in [2.24, 2.45) is 0 Å². The molecular weight excluding hydrogens is 422 g/mol. The van der Waals surface area contributed by atoms with E-state index in [2.05, 4.69) is 18.0 Å². The summed E-state index contributed by atoms with van der Waals surface area (Å²) in [6.45, 7) is 1.33. The first-order valence-corrected chi connectivity index (χ1v) is 9.59. The zero-order valence-corrected chi connectivity index (χ0v) is 16.9. The van der Waals surface area contributed by atoms with Crippen molar-refractivity contribution in [3.8, 4) is 5.75 Å². The number of halogens is 4. The standard InChI is InChI=1S/C19H20B2F4O6/c1-13(26)6-7-16-11-17(29-20(22,23)28-16)8-9-18-12-19(31-21(24,25)30-18)14-4-3-5-15(10-14)27-2/h3-5,10-12H,6-9H2,1-2H3. The summed E-state index contributed by atoms with van der Waals surface area (Å²) in [5, 5.41) is 0. The summed E-state index contributed by atoms with van der Waals surface area (Å²) in [5.41, 5.74) is 0.345. The third-order valence-corrected chi connectivity index (χ3v) is 4.44. The van der Waals surface area contributed by atoms with E-state index in [1.165, 1.54) is 32.3 Å². The second-order valence-corrected chi connectivity index (χ2v) is 7.03. The number of benzene rings is 1. The molecule has 0 unspecified atom stereocenters. The third kappa shape index (κ3) is 6.47. The summed E-state index contributed by atoms with van der Waals surface area (Å²) in [6.07, 6.45) is 2.25. The van der Waals surface area contributed by atoms with E-state index in [1.54, 1.807) is 18.2 Å². The molecule has 31 heavy (non-hydrogen) atoms. The van der Waals surface area contributed by atoms with Crippen LogP contribution in [0.3, 0.4) is 0 Å². The van der Waals surface area contributed by atoms with Crippen molar-refractivity contribution in [3.05, 3.63) is 53.5 Å². The SMILES string of the molecule is COc1cccc(C2=[O+][B-](F)(F)OC(CCC3=CC(CCC(C)=O)=[O+][B-](F)(F)O3)=C2)c1. The topological polar surface area (TPSA) is 67.4 Å². The van der Waals surface area contributed by atoms with Gasteiger partial charge in [0.05, 0.1) is 42.8 Å². The Morgan fingerprint density at radius 2 is 1.65 bits per heavy atom. The molecule has 6 nitrogen and oxygen atoms in total. The highest BCUT2D eigenvalue weighted by atomic mass is 19.3. The van der Waals surface area contributed by atoms with Gasteiger partial charge in [-0.15, -0.1) is 0 Å². The second kappa shape index (κ2) is 8.99. The molecule has 166 valence electrons. The van der Waals surface area contributed by atoms with Gasteiger partial charge in [-0.05, 0) is 25.1 Å². The molecule has 0 saturated heterocycles. The minimum atomic E-state index is -4.64. The summed E-state index contributed by atoms with van der Waals surface area (Å²) in [6, 6.07) is 6.34. The van der Waals surface area contributed by atoms with Crippen molar-refractivity contribution < 1.29 is 44.8 Å². The predicted molar refractivity (Wildman–Crippen MR) is 106 cm³/mol. The zero-order valence-electron chi connectivity index (χ0n) is 16.9. The van der Waals surface area contributed by atoms with Crippen LogP contribution in [0, 0.1) is 0 Å². The maximum absolute atomic E-state index is 14.0. The zero-order chi connectivity index (χ0) is 22.6. The molecule has 1 aromatic carbocycles. The van der Waals surface area contributed by atoms with Crippen LogP contribution in [0.1, 0.15) is 42.5 Å². The lowest BCUT2D eigenvalue weighted by Crippen LogP contribution is -2.35. The molecule has 2 aliphatic rings. The highest BCUT2D eigenvalue weighted by Crippen LogP contribution is 2.29. The van der Waals surface area contributed by atoms with Gasteiger partial charge < -0.3 is 44.8 Å². The van der Waals surface area contributed by atoms with Crippen LogP contribution in [0.15, 0.2) is 47.9 Å². The Hall–Kier alpha value is -3.04. The Morgan fingerprint density at radius 1 is 1.00 bits per heavy atom. The van der Waals surface area contributed by atoms with Crippen molar-refractivity contribution in [3.63, 3.8) is 0 Å². The molecule has 0 spiro atoms. The van der Waals surface area contributed by atoms with Crippen LogP contribution < -0.4 is 4.74 Å². The molecule has 2 aliphatic heterocycles. The number of hydrogen-bond donors (Lipinski definition) is 0. The highest BCUT2D eigenvalue weighted by Gasteiger charge is 2.54. The average molecular weight is 442 g/mol. The number of methoxy groups -OCH3 is 1. The molecule has 0 bridgehead atoms. The van der Waals surface area contributed by atoms with Crippen LogP contribution in [-0.2, 0) is 18.4 Å². The lowest BCUT2D eigenvalue weighted by Gasteiger charge is -2.23. The van der Waals surface area contributed by atoms with Gasteiger partial charge in [0, 0.05) is 19.3 Å². The van der Waals surface area contributed by atoms with Crippen LogP contribution in [-0.4, -0.2) is 38.7 Å². The van der Waals surface area contributed by atoms with Crippen LogP contribution in [0.4, 0.5) is 17.3 Å². The van der Waals surface area contributed by atoms with Gasteiger partial charge in [-0.3, -0.25) is 0 Å². The van der Waals surface area contributed by atoms with E-state index in [0.29, 0.717) is 11.3 Å². The van der Waals surface area contributed by atoms with Gasteiger partial charge in [-0.2, -0.15) is 0 Å².